The van der Waals surface area contributed by atoms with Crippen LogP contribution in [0.1, 0.15) is 22.7 Å². The molecule has 0 fully saturated rings. The zero-order chi connectivity index (χ0) is 14.7. The fraction of sp³-hybridized carbons (Fsp3) is 0.250. The van der Waals surface area contributed by atoms with Gasteiger partial charge in [0.2, 0.25) is 0 Å². The molecule has 0 aliphatic carbocycles. The molecule has 1 atom stereocenters. The van der Waals surface area contributed by atoms with Crippen LogP contribution in [0, 0.1) is 18.6 Å². The van der Waals surface area contributed by atoms with Crippen molar-refractivity contribution >= 4 is 11.6 Å². The largest absolute Gasteiger partial charge is 0.313 e. The summed E-state index contributed by atoms with van der Waals surface area (Å²) in [7, 11) is 1.78. The smallest absolute Gasteiger partial charge is 0.141 e. The van der Waals surface area contributed by atoms with Gasteiger partial charge in [-0.05, 0) is 43.7 Å². The van der Waals surface area contributed by atoms with E-state index in [1.165, 1.54) is 6.07 Å². The van der Waals surface area contributed by atoms with Crippen molar-refractivity contribution in [2.24, 2.45) is 0 Å². The first-order chi connectivity index (χ1) is 9.52. The molecular formula is C16H16ClF2N. The van der Waals surface area contributed by atoms with Gasteiger partial charge in [-0.25, -0.2) is 8.78 Å². The highest BCUT2D eigenvalue weighted by Crippen LogP contribution is 2.25. The fourth-order valence-electron chi connectivity index (χ4n) is 2.21. The molecular weight excluding hydrogens is 280 g/mol. The second-order valence-electron chi connectivity index (χ2n) is 4.77. The predicted molar refractivity (Wildman–Crippen MR) is 78.1 cm³/mol. The van der Waals surface area contributed by atoms with E-state index in [-0.39, 0.29) is 16.9 Å². The number of hydrogen-bond acceptors (Lipinski definition) is 1. The average molecular weight is 296 g/mol. The maximum Gasteiger partial charge on any atom is 0.141 e. The van der Waals surface area contributed by atoms with E-state index in [0.29, 0.717) is 17.5 Å². The SMILES string of the molecule is CNC(Cc1ccc(F)c(Cl)c1)c1cccc(C)c1F. The van der Waals surface area contributed by atoms with Crippen LogP contribution in [-0.4, -0.2) is 7.05 Å². The minimum Gasteiger partial charge on any atom is -0.313 e. The molecule has 1 unspecified atom stereocenters. The molecule has 0 aromatic heterocycles. The first kappa shape index (κ1) is 14.9. The van der Waals surface area contributed by atoms with Crippen LogP contribution in [0.25, 0.3) is 0 Å². The van der Waals surface area contributed by atoms with Crippen LogP contribution in [0.2, 0.25) is 5.02 Å². The van der Waals surface area contributed by atoms with Crippen LogP contribution in [0.4, 0.5) is 8.78 Å². The minimum atomic E-state index is -0.446. The topological polar surface area (TPSA) is 12.0 Å². The van der Waals surface area contributed by atoms with Gasteiger partial charge in [-0.1, -0.05) is 35.9 Å². The Hall–Kier alpha value is -1.45. The second kappa shape index (κ2) is 6.33. The lowest BCUT2D eigenvalue weighted by molar-refractivity contribution is 0.529. The summed E-state index contributed by atoms with van der Waals surface area (Å²) >= 11 is 5.77. The molecule has 0 radical (unpaired) electrons. The van der Waals surface area contributed by atoms with Crippen LogP contribution in [0.5, 0.6) is 0 Å². The molecule has 20 heavy (non-hydrogen) atoms. The molecule has 0 amide bonds. The van der Waals surface area contributed by atoms with Gasteiger partial charge >= 0.3 is 0 Å². The van der Waals surface area contributed by atoms with Gasteiger partial charge in [0.25, 0.3) is 0 Å². The van der Waals surface area contributed by atoms with Crippen molar-refractivity contribution in [3.05, 3.63) is 69.7 Å². The van der Waals surface area contributed by atoms with Crippen molar-refractivity contribution in [3.63, 3.8) is 0 Å². The molecule has 2 aromatic carbocycles. The molecule has 0 saturated carbocycles. The van der Waals surface area contributed by atoms with Gasteiger partial charge in [-0.2, -0.15) is 0 Å². The molecule has 0 saturated heterocycles. The molecule has 0 aliphatic rings. The number of rotatable bonds is 4. The summed E-state index contributed by atoms with van der Waals surface area (Å²) in [5.41, 5.74) is 2.07. The molecule has 2 rings (SSSR count). The number of likely N-dealkylation sites (N-methyl/N-ethyl adjacent to an activating group) is 1. The molecule has 0 heterocycles. The molecule has 106 valence electrons. The normalized spacial score (nSPS) is 12.4. The summed E-state index contributed by atoms with van der Waals surface area (Å²) in [5, 5.41) is 3.18. The van der Waals surface area contributed by atoms with Crippen molar-refractivity contribution < 1.29 is 8.78 Å². The Balaban J connectivity index is 2.28. The first-order valence-corrected chi connectivity index (χ1v) is 6.77. The number of hydrogen-bond donors (Lipinski definition) is 1. The summed E-state index contributed by atoms with van der Waals surface area (Å²) in [6.45, 7) is 1.74. The van der Waals surface area contributed by atoms with E-state index >= 15 is 0 Å². The molecule has 0 aliphatic heterocycles. The van der Waals surface area contributed by atoms with Gasteiger partial charge in [0.15, 0.2) is 0 Å². The Morgan fingerprint density at radius 1 is 1.20 bits per heavy atom. The van der Waals surface area contributed by atoms with E-state index in [9.17, 15) is 8.78 Å². The fourth-order valence-corrected chi connectivity index (χ4v) is 2.41. The van der Waals surface area contributed by atoms with E-state index < -0.39 is 5.82 Å². The van der Waals surface area contributed by atoms with Crippen molar-refractivity contribution in [3.8, 4) is 0 Å². The zero-order valence-electron chi connectivity index (χ0n) is 11.4. The lowest BCUT2D eigenvalue weighted by Crippen LogP contribution is -2.20. The van der Waals surface area contributed by atoms with E-state index in [1.54, 1.807) is 38.2 Å². The second-order valence-corrected chi connectivity index (χ2v) is 5.18. The van der Waals surface area contributed by atoms with Crippen LogP contribution in [0.3, 0.4) is 0 Å². The van der Waals surface area contributed by atoms with Crippen molar-refractivity contribution in [2.45, 2.75) is 19.4 Å². The Labute approximate surface area is 122 Å². The highest BCUT2D eigenvalue weighted by molar-refractivity contribution is 6.30. The van der Waals surface area contributed by atoms with Crippen LogP contribution >= 0.6 is 11.6 Å². The predicted octanol–water partition coefficient (Wildman–Crippen LogP) is 4.43. The van der Waals surface area contributed by atoms with E-state index in [2.05, 4.69) is 5.32 Å². The van der Waals surface area contributed by atoms with Crippen molar-refractivity contribution in [1.29, 1.82) is 0 Å². The van der Waals surface area contributed by atoms with Crippen molar-refractivity contribution in [1.82, 2.24) is 5.32 Å². The quantitative estimate of drug-likeness (QED) is 0.880. The Morgan fingerprint density at radius 2 is 1.95 bits per heavy atom. The Bertz CT molecular complexity index is 613. The lowest BCUT2D eigenvalue weighted by atomic mass is 9.97. The standard InChI is InChI=1S/C16H16ClF2N/c1-10-4-3-5-12(16(10)19)15(20-2)9-11-6-7-14(18)13(17)8-11/h3-8,15,20H,9H2,1-2H3. The summed E-state index contributed by atoms with van der Waals surface area (Å²) in [4.78, 5) is 0. The van der Waals surface area contributed by atoms with Crippen molar-refractivity contribution in [2.75, 3.05) is 7.05 Å². The molecule has 0 spiro atoms. The number of benzene rings is 2. The Kier molecular flexibility index (Phi) is 4.73. The lowest BCUT2D eigenvalue weighted by Gasteiger charge is -2.18. The zero-order valence-corrected chi connectivity index (χ0v) is 12.1. The van der Waals surface area contributed by atoms with Crippen LogP contribution < -0.4 is 5.32 Å². The van der Waals surface area contributed by atoms with Crippen LogP contribution in [-0.2, 0) is 6.42 Å². The number of nitrogens with one attached hydrogen (secondary N) is 1. The number of halogens is 3. The maximum atomic E-state index is 14.2. The summed E-state index contributed by atoms with van der Waals surface area (Å²) in [6, 6.07) is 9.71. The molecule has 1 nitrogen and oxygen atoms in total. The highest BCUT2D eigenvalue weighted by atomic mass is 35.5. The van der Waals surface area contributed by atoms with E-state index in [0.717, 1.165) is 5.56 Å². The van der Waals surface area contributed by atoms with E-state index in [4.69, 9.17) is 11.6 Å². The van der Waals surface area contributed by atoms with Crippen LogP contribution in [0.15, 0.2) is 36.4 Å². The van der Waals surface area contributed by atoms with Gasteiger partial charge in [-0.3, -0.25) is 0 Å². The molecule has 4 heteroatoms. The van der Waals surface area contributed by atoms with Gasteiger partial charge in [0.05, 0.1) is 5.02 Å². The maximum absolute atomic E-state index is 14.2. The summed E-state index contributed by atoms with van der Waals surface area (Å²) in [6.07, 6.45) is 0.539. The molecule has 1 N–H and O–H groups in total. The Morgan fingerprint density at radius 3 is 2.60 bits per heavy atom. The minimum absolute atomic E-state index is 0.0852. The molecule has 2 aromatic rings. The van der Waals surface area contributed by atoms with Gasteiger partial charge < -0.3 is 5.32 Å². The molecule has 0 bridgehead atoms. The summed E-state index contributed by atoms with van der Waals surface area (Å²) in [5.74, 6) is -0.654. The number of aryl methyl sites for hydroxylation is 1. The van der Waals surface area contributed by atoms with Gasteiger partial charge in [-0.15, -0.1) is 0 Å². The monoisotopic (exact) mass is 295 g/mol. The van der Waals surface area contributed by atoms with E-state index in [1.807, 2.05) is 6.07 Å². The van der Waals surface area contributed by atoms with Gasteiger partial charge in [0.1, 0.15) is 11.6 Å². The first-order valence-electron chi connectivity index (χ1n) is 6.39. The summed E-state index contributed by atoms with van der Waals surface area (Å²) < 4.78 is 27.3. The average Bonchev–Trinajstić information content (AvgIpc) is 2.43. The highest BCUT2D eigenvalue weighted by Gasteiger charge is 2.16. The van der Waals surface area contributed by atoms with Gasteiger partial charge in [0, 0.05) is 11.6 Å². The third kappa shape index (κ3) is 3.17. The third-order valence-electron chi connectivity index (χ3n) is 3.37. The third-order valence-corrected chi connectivity index (χ3v) is 3.66.